The van der Waals surface area contributed by atoms with Crippen LogP contribution in [0.3, 0.4) is 0 Å². The van der Waals surface area contributed by atoms with Crippen molar-refractivity contribution >= 4 is 0 Å². The van der Waals surface area contributed by atoms with Gasteiger partial charge in [0.2, 0.25) is 0 Å². The molecule has 0 aromatic heterocycles. The number of allylic oxidation sites excluding steroid dienone is 2. The first kappa shape index (κ1) is 9.18. The minimum Gasteiger partial charge on any atom is -0.327 e. The Labute approximate surface area is 62.9 Å². The van der Waals surface area contributed by atoms with E-state index in [2.05, 4.69) is 20.1 Å². The lowest BCUT2D eigenvalue weighted by Crippen LogP contribution is -1.98. The molecule has 0 aliphatic rings. The van der Waals surface area contributed by atoms with Crippen molar-refractivity contribution in [3.8, 4) is 0 Å². The molecule has 0 aliphatic carbocycles. The minimum atomic E-state index is 0.521. The third-order valence-corrected chi connectivity index (χ3v) is 1.27. The number of hydrogen-bond donors (Lipinski definition) is 1. The average Bonchev–Trinajstić information content (AvgIpc) is 1.99. The predicted molar refractivity (Wildman–Crippen MR) is 46.8 cm³/mol. The van der Waals surface area contributed by atoms with Crippen molar-refractivity contribution < 1.29 is 0 Å². The molecule has 10 heavy (non-hydrogen) atoms. The third-order valence-electron chi connectivity index (χ3n) is 1.27. The maximum atomic E-state index is 5.32. The molecule has 0 fully saturated rings. The van der Waals surface area contributed by atoms with Crippen molar-refractivity contribution in [2.45, 2.75) is 13.3 Å². The topological polar surface area (TPSA) is 26.0 Å². The largest absolute Gasteiger partial charge is 0.327 e. The molecular formula is C9H15N. The summed E-state index contributed by atoms with van der Waals surface area (Å²) in [6.07, 6.45) is 4.84. The summed E-state index contributed by atoms with van der Waals surface area (Å²) in [7, 11) is 0. The second kappa shape index (κ2) is 5.00. The van der Waals surface area contributed by atoms with E-state index < -0.39 is 0 Å². The summed E-state index contributed by atoms with van der Waals surface area (Å²) >= 11 is 0. The van der Waals surface area contributed by atoms with Gasteiger partial charge in [-0.3, -0.25) is 0 Å². The molecule has 0 amide bonds. The van der Waals surface area contributed by atoms with Crippen LogP contribution in [0.5, 0.6) is 0 Å². The Morgan fingerprint density at radius 2 is 1.80 bits per heavy atom. The molecule has 1 nitrogen and oxygen atoms in total. The lowest BCUT2D eigenvalue weighted by Gasteiger charge is -1.93. The molecule has 0 saturated heterocycles. The van der Waals surface area contributed by atoms with E-state index in [1.165, 1.54) is 0 Å². The fraction of sp³-hybridized carbons (Fsp3) is 0.333. The Balaban J connectivity index is 3.75. The maximum Gasteiger partial charge on any atom is 0.0172 e. The van der Waals surface area contributed by atoms with Gasteiger partial charge >= 0.3 is 0 Å². The summed E-state index contributed by atoms with van der Waals surface area (Å²) < 4.78 is 0. The van der Waals surface area contributed by atoms with E-state index in [1.807, 2.05) is 12.2 Å². The van der Waals surface area contributed by atoms with Crippen LogP contribution in [0.1, 0.15) is 13.3 Å². The first-order valence-electron chi connectivity index (χ1n) is 3.44. The number of hydrogen-bond acceptors (Lipinski definition) is 1. The predicted octanol–water partition coefficient (Wildman–Crippen LogP) is 2.02. The van der Waals surface area contributed by atoms with Crippen LogP contribution in [0.2, 0.25) is 0 Å². The summed E-state index contributed by atoms with van der Waals surface area (Å²) in [5.74, 6) is 0. The van der Waals surface area contributed by atoms with Crippen molar-refractivity contribution in [1.82, 2.24) is 0 Å². The highest BCUT2D eigenvalue weighted by Crippen LogP contribution is 2.00. The highest BCUT2D eigenvalue weighted by molar-refractivity contribution is 5.24. The van der Waals surface area contributed by atoms with Gasteiger partial charge in [-0.25, -0.2) is 0 Å². The van der Waals surface area contributed by atoms with Crippen LogP contribution in [0, 0.1) is 0 Å². The SMILES string of the molecule is C=C(/C=C\C(=C)CN)CC. The van der Waals surface area contributed by atoms with Crippen LogP contribution in [-0.4, -0.2) is 6.54 Å². The smallest absolute Gasteiger partial charge is 0.0172 e. The summed E-state index contributed by atoms with van der Waals surface area (Å²) in [6.45, 7) is 10.1. The molecule has 0 unspecified atom stereocenters. The Hall–Kier alpha value is -0.820. The van der Waals surface area contributed by atoms with Crippen molar-refractivity contribution in [1.29, 1.82) is 0 Å². The van der Waals surface area contributed by atoms with Crippen molar-refractivity contribution in [2.75, 3.05) is 6.54 Å². The second-order valence-corrected chi connectivity index (χ2v) is 2.21. The van der Waals surface area contributed by atoms with E-state index in [1.54, 1.807) is 0 Å². The zero-order chi connectivity index (χ0) is 7.98. The molecular weight excluding hydrogens is 122 g/mol. The van der Waals surface area contributed by atoms with Gasteiger partial charge < -0.3 is 5.73 Å². The molecule has 0 radical (unpaired) electrons. The highest BCUT2D eigenvalue weighted by atomic mass is 14.5. The molecule has 0 bridgehead atoms. The Bertz CT molecular complexity index is 136. The molecule has 0 aliphatic heterocycles. The van der Waals surface area contributed by atoms with Crippen LogP contribution in [0.4, 0.5) is 0 Å². The fourth-order valence-electron chi connectivity index (χ4n) is 0.422. The van der Waals surface area contributed by atoms with Crippen molar-refractivity contribution in [3.05, 3.63) is 36.5 Å². The Morgan fingerprint density at radius 3 is 2.20 bits per heavy atom. The first-order valence-corrected chi connectivity index (χ1v) is 3.44. The molecule has 0 heterocycles. The first-order chi connectivity index (χ1) is 4.70. The molecule has 0 spiro atoms. The normalized spacial score (nSPS) is 10.2. The van der Waals surface area contributed by atoms with Crippen LogP contribution >= 0.6 is 0 Å². The third kappa shape index (κ3) is 4.10. The number of rotatable bonds is 4. The van der Waals surface area contributed by atoms with E-state index in [0.29, 0.717) is 6.54 Å². The zero-order valence-corrected chi connectivity index (χ0v) is 6.56. The van der Waals surface area contributed by atoms with Gasteiger partial charge in [0, 0.05) is 6.54 Å². The van der Waals surface area contributed by atoms with E-state index in [9.17, 15) is 0 Å². The van der Waals surface area contributed by atoms with Crippen molar-refractivity contribution in [3.63, 3.8) is 0 Å². The zero-order valence-electron chi connectivity index (χ0n) is 6.56. The molecule has 0 aromatic rings. The van der Waals surface area contributed by atoms with E-state index >= 15 is 0 Å². The lowest BCUT2D eigenvalue weighted by atomic mass is 10.2. The van der Waals surface area contributed by atoms with Gasteiger partial charge in [0.05, 0.1) is 0 Å². The Kier molecular flexibility index (Phi) is 4.59. The quantitative estimate of drug-likeness (QED) is 0.589. The van der Waals surface area contributed by atoms with Gasteiger partial charge in [-0.1, -0.05) is 37.8 Å². The molecule has 56 valence electrons. The number of nitrogens with two attached hydrogens (primary N) is 1. The monoisotopic (exact) mass is 137 g/mol. The van der Waals surface area contributed by atoms with Gasteiger partial charge in [-0.2, -0.15) is 0 Å². The summed E-state index contributed by atoms with van der Waals surface area (Å²) in [5, 5.41) is 0. The van der Waals surface area contributed by atoms with E-state index in [0.717, 1.165) is 17.6 Å². The molecule has 0 aromatic carbocycles. The molecule has 0 saturated carbocycles. The van der Waals surface area contributed by atoms with Crippen LogP contribution < -0.4 is 5.73 Å². The van der Waals surface area contributed by atoms with Crippen LogP contribution in [0.25, 0.3) is 0 Å². The van der Waals surface area contributed by atoms with E-state index in [-0.39, 0.29) is 0 Å². The van der Waals surface area contributed by atoms with E-state index in [4.69, 9.17) is 5.73 Å². The maximum absolute atomic E-state index is 5.32. The summed E-state index contributed by atoms with van der Waals surface area (Å²) in [5.41, 5.74) is 7.36. The second-order valence-electron chi connectivity index (χ2n) is 2.21. The molecule has 2 N–H and O–H groups in total. The van der Waals surface area contributed by atoms with Gasteiger partial charge in [0.25, 0.3) is 0 Å². The lowest BCUT2D eigenvalue weighted by molar-refractivity contribution is 1.15. The highest BCUT2D eigenvalue weighted by Gasteiger charge is 1.83. The van der Waals surface area contributed by atoms with Gasteiger partial charge in [0.15, 0.2) is 0 Å². The molecule has 0 atom stereocenters. The minimum absolute atomic E-state index is 0.521. The van der Waals surface area contributed by atoms with Gasteiger partial charge in [-0.15, -0.1) is 0 Å². The Morgan fingerprint density at radius 1 is 1.30 bits per heavy atom. The molecule has 0 rings (SSSR count). The van der Waals surface area contributed by atoms with Gasteiger partial charge in [-0.05, 0) is 12.0 Å². The molecule has 1 heteroatoms. The summed E-state index contributed by atoms with van der Waals surface area (Å²) in [6, 6.07) is 0. The van der Waals surface area contributed by atoms with Gasteiger partial charge in [0.1, 0.15) is 0 Å². The fourth-order valence-corrected chi connectivity index (χ4v) is 0.422. The average molecular weight is 137 g/mol. The van der Waals surface area contributed by atoms with Crippen LogP contribution in [-0.2, 0) is 0 Å². The van der Waals surface area contributed by atoms with Crippen molar-refractivity contribution in [2.24, 2.45) is 5.73 Å². The van der Waals surface area contributed by atoms with Crippen LogP contribution in [0.15, 0.2) is 36.5 Å². The summed E-state index contributed by atoms with van der Waals surface area (Å²) in [4.78, 5) is 0. The standard InChI is InChI=1S/C9H15N/c1-4-8(2)5-6-9(3)7-10/h5-6H,2-4,7,10H2,1H3/b6-5-.